The lowest BCUT2D eigenvalue weighted by Gasteiger charge is -2.30. The molecule has 3 rings (SSSR count). The van der Waals surface area contributed by atoms with E-state index in [4.69, 9.17) is 10.1 Å². The number of nitrogens with one attached hydrogen (secondary N) is 1. The molecule has 3 heteroatoms. The molecule has 0 bridgehead atoms. The van der Waals surface area contributed by atoms with Gasteiger partial charge in [-0.15, -0.1) is 0 Å². The van der Waals surface area contributed by atoms with E-state index >= 15 is 0 Å². The highest BCUT2D eigenvalue weighted by Crippen LogP contribution is 2.41. The van der Waals surface area contributed by atoms with Gasteiger partial charge in [-0.3, -0.25) is 5.41 Å². The average Bonchev–Trinajstić information content (AvgIpc) is 2.46. The van der Waals surface area contributed by atoms with Crippen molar-refractivity contribution < 1.29 is 4.74 Å². The molecule has 1 heterocycles. The summed E-state index contributed by atoms with van der Waals surface area (Å²) in [5, 5.41) is 17.3. The Morgan fingerprint density at radius 2 is 1.68 bits per heavy atom. The first-order valence-electron chi connectivity index (χ1n) is 6.11. The van der Waals surface area contributed by atoms with Gasteiger partial charge in [0, 0.05) is 11.5 Å². The van der Waals surface area contributed by atoms with Gasteiger partial charge in [-0.25, -0.2) is 0 Å². The van der Waals surface area contributed by atoms with E-state index in [0.29, 0.717) is 5.75 Å². The molecule has 2 aromatic carbocycles. The maximum Gasteiger partial charge on any atom is 0.205 e. The van der Waals surface area contributed by atoms with Crippen LogP contribution in [-0.4, -0.2) is 5.90 Å². The molecule has 92 valence electrons. The van der Waals surface area contributed by atoms with Crippen LogP contribution in [0.3, 0.4) is 0 Å². The zero-order valence-electron chi connectivity index (χ0n) is 10.2. The first kappa shape index (κ1) is 11.5. The monoisotopic (exact) mass is 248 g/mol. The number of ether oxygens (including phenoxy) is 1. The molecule has 1 N–H and O–H groups in total. The first-order chi connectivity index (χ1) is 9.31. The fraction of sp³-hybridized carbons (Fsp3) is 0.125. The molecule has 2 unspecified atom stereocenters. The van der Waals surface area contributed by atoms with Crippen LogP contribution in [0.25, 0.3) is 0 Å². The smallest absolute Gasteiger partial charge is 0.205 e. The Morgan fingerprint density at radius 1 is 1.00 bits per heavy atom. The van der Waals surface area contributed by atoms with Crippen molar-refractivity contribution in [3.63, 3.8) is 0 Å². The SMILES string of the molecule is N#CC1C(=N)Oc2ccccc2C1c1ccccc1. The minimum atomic E-state index is -0.572. The van der Waals surface area contributed by atoms with Gasteiger partial charge in [0.05, 0.1) is 6.07 Å². The number of nitriles is 1. The van der Waals surface area contributed by atoms with E-state index in [1.165, 1.54) is 0 Å². The van der Waals surface area contributed by atoms with E-state index in [2.05, 4.69) is 6.07 Å². The van der Waals surface area contributed by atoms with Crippen LogP contribution in [-0.2, 0) is 0 Å². The van der Waals surface area contributed by atoms with Crippen LogP contribution in [0.15, 0.2) is 54.6 Å². The third-order valence-electron chi connectivity index (χ3n) is 3.39. The van der Waals surface area contributed by atoms with Gasteiger partial charge in [0.2, 0.25) is 5.90 Å². The molecule has 0 radical (unpaired) electrons. The van der Waals surface area contributed by atoms with Gasteiger partial charge in [-0.05, 0) is 11.6 Å². The minimum absolute atomic E-state index is 0.0232. The summed E-state index contributed by atoms with van der Waals surface area (Å²) >= 11 is 0. The Hall–Kier alpha value is -2.60. The molecule has 0 fully saturated rings. The van der Waals surface area contributed by atoms with E-state index in [1.54, 1.807) is 0 Å². The molecule has 19 heavy (non-hydrogen) atoms. The lowest BCUT2D eigenvalue weighted by molar-refractivity contribution is 0.450. The average molecular weight is 248 g/mol. The number of benzene rings is 2. The third kappa shape index (κ3) is 1.88. The van der Waals surface area contributed by atoms with E-state index in [9.17, 15) is 5.26 Å². The molecule has 0 saturated heterocycles. The van der Waals surface area contributed by atoms with Crippen LogP contribution >= 0.6 is 0 Å². The van der Waals surface area contributed by atoms with Crippen LogP contribution in [0.5, 0.6) is 5.75 Å². The van der Waals surface area contributed by atoms with Gasteiger partial charge in [0.1, 0.15) is 11.7 Å². The van der Waals surface area contributed by atoms with Crippen LogP contribution < -0.4 is 4.74 Å². The number of para-hydroxylation sites is 1. The van der Waals surface area contributed by atoms with Crippen molar-refractivity contribution in [1.29, 1.82) is 10.7 Å². The number of fused-ring (bicyclic) bond motifs is 1. The molecule has 0 aromatic heterocycles. The van der Waals surface area contributed by atoms with Crippen molar-refractivity contribution in [2.24, 2.45) is 5.92 Å². The second kappa shape index (κ2) is 4.58. The van der Waals surface area contributed by atoms with Crippen molar-refractivity contribution in [1.82, 2.24) is 0 Å². The normalized spacial score (nSPS) is 21.1. The molecule has 1 aliphatic rings. The summed E-state index contributed by atoms with van der Waals surface area (Å²) in [5.74, 6) is -0.0103. The third-order valence-corrected chi connectivity index (χ3v) is 3.39. The largest absolute Gasteiger partial charge is 0.442 e. The summed E-state index contributed by atoms with van der Waals surface area (Å²) in [5.41, 5.74) is 2.01. The lowest BCUT2D eigenvalue weighted by Crippen LogP contribution is -2.30. The van der Waals surface area contributed by atoms with Crippen LogP contribution in [0.2, 0.25) is 0 Å². The summed E-state index contributed by atoms with van der Waals surface area (Å²) in [6, 6.07) is 19.6. The Kier molecular flexibility index (Phi) is 2.77. The highest BCUT2D eigenvalue weighted by molar-refractivity contribution is 5.85. The molecular formula is C16H12N2O. The Balaban J connectivity index is 2.19. The highest BCUT2D eigenvalue weighted by atomic mass is 16.5. The van der Waals surface area contributed by atoms with Gasteiger partial charge in [-0.1, -0.05) is 48.5 Å². The summed E-state index contributed by atoms with van der Waals surface area (Å²) in [7, 11) is 0. The zero-order chi connectivity index (χ0) is 13.2. The molecule has 2 aromatic rings. The molecule has 3 nitrogen and oxygen atoms in total. The van der Waals surface area contributed by atoms with E-state index in [1.807, 2.05) is 54.6 Å². The zero-order valence-corrected chi connectivity index (χ0v) is 10.2. The number of rotatable bonds is 1. The quantitative estimate of drug-likeness (QED) is 0.841. The van der Waals surface area contributed by atoms with Gasteiger partial charge in [0.25, 0.3) is 0 Å². The molecule has 0 saturated carbocycles. The molecule has 1 aliphatic heterocycles. The summed E-state index contributed by atoms with van der Waals surface area (Å²) in [6.45, 7) is 0. The Morgan fingerprint density at radius 3 is 2.42 bits per heavy atom. The van der Waals surface area contributed by atoms with Crippen molar-refractivity contribution in [3.8, 4) is 11.8 Å². The predicted molar refractivity (Wildman–Crippen MR) is 72.2 cm³/mol. The fourth-order valence-electron chi connectivity index (χ4n) is 2.51. The standard InChI is InChI=1S/C16H12N2O/c17-10-13-15(11-6-2-1-3-7-11)12-8-4-5-9-14(12)19-16(13)18/h1-9,13,15,18H. The highest BCUT2D eigenvalue weighted by Gasteiger charge is 2.36. The van der Waals surface area contributed by atoms with Crippen LogP contribution in [0.4, 0.5) is 0 Å². The first-order valence-corrected chi connectivity index (χ1v) is 6.11. The topological polar surface area (TPSA) is 56.9 Å². The van der Waals surface area contributed by atoms with E-state index < -0.39 is 5.92 Å². The summed E-state index contributed by atoms with van der Waals surface area (Å²) in [6.07, 6.45) is 0. The fourth-order valence-corrected chi connectivity index (χ4v) is 2.51. The Bertz CT molecular complexity index is 658. The van der Waals surface area contributed by atoms with Crippen molar-refractivity contribution in [2.75, 3.05) is 0 Å². The molecular weight excluding hydrogens is 236 g/mol. The molecule has 0 spiro atoms. The van der Waals surface area contributed by atoms with Crippen LogP contribution in [0, 0.1) is 22.7 Å². The van der Waals surface area contributed by atoms with Crippen molar-refractivity contribution in [3.05, 3.63) is 65.7 Å². The molecule has 0 amide bonds. The predicted octanol–water partition coefficient (Wildman–Crippen LogP) is 3.33. The number of nitrogens with zero attached hydrogens (tertiary/aromatic N) is 1. The van der Waals surface area contributed by atoms with E-state index in [0.717, 1.165) is 11.1 Å². The second-order valence-corrected chi connectivity index (χ2v) is 4.50. The second-order valence-electron chi connectivity index (χ2n) is 4.50. The molecule has 0 aliphatic carbocycles. The van der Waals surface area contributed by atoms with Gasteiger partial charge < -0.3 is 4.74 Å². The lowest BCUT2D eigenvalue weighted by atomic mass is 9.79. The summed E-state index contributed by atoms with van der Waals surface area (Å²) < 4.78 is 5.45. The minimum Gasteiger partial charge on any atom is -0.442 e. The van der Waals surface area contributed by atoms with Gasteiger partial charge in [0.15, 0.2) is 0 Å². The maximum atomic E-state index is 9.35. The van der Waals surface area contributed by atoms with Crippen LogP contribution in [0.1, 0.15) is 17.0 Å². The number of hydrogen-bond donors (Lipinski definition) is 1. The Labute approximate surface area is 111 Å². The van der Waals surface area contributed by atoms with Crippen molar-refractivity contribution >= 4 is 5.90 Å². The van der Waals surface area contributed by atoms with Gasteiger partial charge >= 0.3 is 0 Å². The van der Waals surface area contributed by atoms with E-state index in [-0.39, 0.29) is 11.8 Å². The van der Waals surface area contributed by atoms with Gasteiger partial charge in [-0.2, -0.15) is 5.26 Å². The summed E-state index contributed by atoms with van der Waals surface area (Å²) in [4.78, 5) is 0. The number of hydrogen-bond acceptors (Lipinski definition) is 3. The van der Waals surface area contributed by atoms with Crippen molar-refractivity contribution in [2.45, 2.75) is 5.92 Å². The molecule has 2 atom stereocenters. The maximum absolute atomic E-state index is 9.35.